The third-order valence-corrected chi connectivity index (χ3v) is 5.14. The van der Waals surface area contributed by atoms with Crippen molar-refractivity contribution in [2.45, 2.75) is 26.3 Å². The minimum Gasteiger partial charge on any atom is -0.497 e. The summed E-state index contributed by atoms with van der Waals surface area (Å²) in [5.41, 5.74) is 2.83. The number of likely N-dealkylation sites (N-methyl/N-ethyl adjacent to an activating group) is 1. The molecule has 0 fully saturated rings. The summed E-state index contributed by atoms with van der Waals surface area (Å²) >= 11 is 0. The molecule has 2 aromatic carbocycles. The Morgan fingerprint density at radius 1 is 1.14 bits per heavy atom. The molecule has 0 saturated carbocycles. The van der Waals surface area contributed by atoms with E-state index < -0.39 is 0 Å². The first-order valence-electron chi connectivity index (χ1n) is 9.76. The van der Waals surface area contributed by atoms with Gasteiger partial charge in [0.1, 0.15) is 11.3 Å². The maximum absolute atomic E-state index is 12.6. The van der Waals surface area contributed by atoms with E-state index in [1.54, 1.807) is 13.4 Å². The van der Waals surface area contributed by atoms with E-state index in [2.05, 4.69) is 36.2 Å². The second kappa shape index (κ2) is 9.42. The Kier molecular flexibility index (Phi) is 6.71. The normalized spacial score (nSPS) is 12.3. The van der Waals surface area contributed by atoms with Crippen LogP contribution in [-0.4, -0.2) is 37.6 Å². The summed E-state index contributed by atoms with van der Waals surface area (Å²) in [5, 5.41) is 4.05. The Bertz CT molecular complexity index is 901. The lowest BCUT2D eigenvalue weighted by Gasteiger charge is -2.30. The van der Waals surface area contributed by atoms with E-state index in [4.69, 9.17) is 9.15 Å². The van der Waals surface area contributed by atoms with Crippen LogP contribution in [0.4, 0.5) is 0 Å². The second-order valence-corrected chi connectivity index (χ2v) is 6.75. The van der Waals surface area contributed by atoms with Gasteiger partial charge < -0.3 is 14.5 Å². The van der Waals surface area contributed by atoms with Crippen LogP contribution in [0.15, 0.2) is 59.2 Å². The van der Waals surface area contributed by atoms with Crippen LogP contribution < -0.4 is 10.1 Å². The van der Waals surface area contributed by atoms with Gasteiger partial charge in [0.15, 0.2) is 0 Å². The Hall–Kier alpha value is -2.79. The van der Waals surface area contributed by atoms with Crippen molar-refractivity contribution in [2.24, 2.45) is 0 Å². The average Bonchev–Trinajstić information content (AvgIpc) is 3.13. The van der Waals surface area contributed by atoms with Gasteiger partial charge in [0.05, 0.1) is 25.8 Å². The summed E-state index contributed by atoms with van der Waals surface area (Å²) in [6.07, 6.45) is 1.95. The molecular weight excluding hydrogens is 352 g/mol. The zero-order chi connectivity index (χ0) is 19.9. The predicted octanol–water partition coefficient (Wildman–Crippen LogP) is 4.18. The van der Waals surface area contributed by atoms with Gasteiger partial charge in [-0.1, -0.05) is 44.2 Å². The number of ether oxygens (including phenoxy) is 1. The van der Waals surface area contributed by atoms with Crippen molar-refractivity contribution in [1.82, 2.24) is 10.2 Å². The lowest BCUT2D eigenvalue weighted by atomic mass is 10.0. The van der Waals surface area contributed by atoms with Gasteiger partial charge in [-0.15, -0.1) is 0 Å². The minimum atomic E-state index is -0.00777. The molecule has 3 rings (SSSR count). The minimum absolute atomic E-state index is 0.00777. The molecule has 5 heteroatoms. The van der Waals surface area contributed by atoms with Gasteiger partial charge in [0.2, 0.25) is 5.91 Å². The molecule has 28 heavy (non-hydrogen) atoms. The number of nitrogens with zero attached hydrogens (tertiary/aromatic N) is 1. The van der Waals surface area contributed by atoms with Gasteiger partial charge in [-0.05, 0) is 30.8 Å². The number of benzene rings is 2. The van der Waals surface area contributed by atoms with E-state index in [-0.39, 0.29) is 11.9 Å². The van der Waals surface area contributed by atoms with Crippen LogP contribution in [0.2, 0.25) is 0 Å². The van der Waals surface area contributed by atoms with E-state index in [9.17, 15) is 4.79 Å². The molecule has 0 aliphatic heterocycles. The van der Waals surface area contributed by atoms with E-state index in [1.165, 1.54) is 5.56 Å². The number of carbonyl (C=O) groups excluding carboxylic acids is 1. The van der Waals surface area contributed by atoms with Crippen molar-refractivity contribution in [1.29, 1.82) is 0 Å². The first-order chi connectivity index (χ1) is 13.7. The van der Waals surface area contributed by atoms with Gasteiger partial charge in [-0.25, -0.2) is 0 Å². The van der Waals surface area contributed by atoms with Crippen LogP contribution in [0.25, 0.3) is 11.0 Å². The highest BCUT2D eigenvalue weighted by molar-refractivity contribution is 5.88. The fourth-order valence-corrected chi connectivity index (χ4v) is 3.57. The van der Waals surface area contributed by atoms with Crippen LogP contribution in [0.5, 0.6) is 5.75 Å². The van der Waals surface area contributed by atoms with Gasteiger partial charge in [0, 0.05) is 23.6 Å². The van der Waals surface area contributed by atoms with Crippen LogP contribution in [0.3, 0.4) is 0 Å². The Morgan fingerprint density at radius 2 is 1.89 bits per heavy atom. The molecule has 3 aromatic rings. The summed E-state index contributed by atoms with van der Waals surface area (Å²) < 4.78 is 10.8. The van der Waals surface area contributed by atoms with E-state index in [1.807, 2.05) is 36.4 Å². The lowest BCUT2D eigenvalue weighted by molar-refractivity contribution is -0.120. The predicted molar refractivity (Wildman–Crippen MR) is 112 cm³/mol. The number of hydrogen-bond donors (Lipinski definition) is 1. The van der Waals surface area contributed by atoms with Crippen LogP contribution in [0.1, 0.15) is 31.0 Å². The lowest BCUT2D eigenvalue weighted by Crippen LogP contribution is -2.38. The maximum atomic E-state index is 12.6. The van der Waals surface area contributed by atoms with E-state index in [0.29, 0.717) is 13.0 Å². The third kappa shape index (κ3) is 4.54. The number of nitrogens with one attached hydrogen (secondary N) is 1. The average molecular weight is 380 g/mol. The summed E-state index contributed by atoms with van der Waals surface area (Å²) in [6.45, 7) is 6.73. The van der Waals surface area contributed by atoms with Crippen molar-refractivity contribution in [2.75, 3.05) is 26.7 Å². The number of fused-ring (bicyclic) bond motifs is 1. The molecule has 1 aromatic heterocycles. The van der Waals surface area contributed by atoms with E-state index in [0.717, 1.165) is 35.4 Å². The summed E-state index contributed by atoms with van der Waals surface area (Å²) in [7, 11) is 1.62. The highest BCUT2D eigenvalue weighted by Crippen LogP contribution is 2.26. The second-order valence-electron chi connectivity index (χ2n) is 6.75. The fourth-order valence-electron chi connectivity index (χ4n) is 3.57. The molecule has 1 amide bonds. The molecule has 1 N–H and O–H groups in total. The quantitative estimate of drug-likeness (QED) is 0.605. The van der Waals surface area contributed by atoms with Crippen LogP contribution in [0, 0.1) is 0 Å². The largest absolute Gasteiger partial charge is 0.497 e. The third-order valence-electron chi connectivity index (χ3n) is 5.14. The fraction of sp³-hybridized carbons (Fsp3) is 0.348. The van der Waals surface area contributed by atoms with Crippen molar-refractivity contribution in [3.63, 3.8) is 0 Å². The van der Waals surface area contributed by atoms with Crippen LogP contribution in [-0.2, 0) is 11.2 Å². The van der Waals surface area contributed by atoms with Crippen molar-refractivity contribution >= 4 is 16.9 Å². The summed E-state index contributed by atoms with van der Waals surface area (Å²) in [6, 6.07) is 16.1. The Labute approximate surface area is 166 Å². The number of methoxy groups -OCH3 is 1. The highest BCUT2D eigenvalue weighted by atomic mass is 16.5. The van der Waals surface area contributed by atoms with Crippen molar-refractivity contribution in [3.8, 4) is 5.75 Å². The topological polar surface area (TPSA) is 54.7 Å². The number of amides is 1. The van der Waals surface area contributed by atoms with Gasteiger partial charge in [-0.3, -0.25) is 9.69 Å². The number of furan rings is 1. The smallest absolute Gasteiger partial charge is 0.224 e. The first kappa shape index (κ1) is 20.0. The standard InChI is InChI=1S/C23H28N2O3/c1-4-25(5-2)21(17-9-7-6-8-10-17)15-24-23(26)13-18-16-28-22-14-19(27-3)11-12-20(18)22/h6-12,14,16,21H,4-5,13,15H2,1-3H3,(H,24,26)/t21-/m0/s1. The molecular formula is C23H28N2O3. The monoisotopic (exact) mass is 380 g/mol. The zero-order valence-electron chi connectivity index (χ0n) is 16.8. The molecule has 0 radical (unpaired) electrons. The van der Waals surface area contributed by atoms with Crippen molar-refractivity contribution < 1.29 is 13.9 Å². The number of carbonyl (C=O) groups is 1. The first-order valence-corrected chi connectivity index (χ1v) is 9.76. The van der Waals surface area contributed by atoms with E-state index >= 15 is 0 Å². The zero-order valence-corrected chi connectivity index (χ0v) is 16.8. The van der Waals surface area contributed by atoms with Crippen molar-refractivity contribution in [3.05, 3.63) is 65.9 Å². The molecule has 148 valence electrons. The molecule has 0 aliphatic rings. The molecule has 0 bridgehead atoms. The van der Waals surface area contributed by atoms with Gasteiger partial charge in [0.25, 0.3) is 0 Å². The van der Waals surface area contributed by atoms with Gasteiger partial charge >= 0.3 is 0 Å². The highest BCUT2D eigenvalue weighted by Gasteiger charge is 2.19. The summed E-state index contributed by atoms with van der Waals surface area (Å²) in [5.74, 6) is 0.731. The molecule has 5 nitrogen and oxygen atoms in total. The SMILES string of the molecule is CCN(CC)[C@@H](CNC(=O)Cc1coc2cc(OC)ccc12)c1ccccc1. The van der Waals surface area contributed by atoms with Gasteiger partial charge in [-0.2, -0.15) is 0 Å². The van der Waals surface area contributed by atoms with Crippen LogP contribution >= 0.6 is 0 Å². The molecule has 0 saturated heterocycles. The molecule has 0 spiro atoms. The molecule has 0 aliphatic carbocycles. The Balaban J connectivity index is 1.68. The summed E-state index contributed by atoms with van der Waals surface area (Å²) in [4.78, 5) is 15.0. The molecule has 1 atom stereocenters. The molecule has 1 heterocycles. The Morgan fingerprint density at radius 3 is 2.57 bits per heavy atom. The maximum Gasteiger partial charge on any atom is 0.224 e. The molecule has 0 unspecified atom stereocenters. The number of hydrogen-bond acceptors (Lipinski definition) is 4. The number of rotatable bonds is 9.